The highest BCUT2D eigenvalue weighted by atomic mass is 79.9. The average molecular weight is 300 g/mol. The van der Waals surface area contributed by atoms with Gasteiger partial charge in [0.1, 0.15) is 5.82 Å². The fraction of sp³-hybridized carbons (Fsp3) is 0.583. The fourth-order valence-electron chi connectivity index (χ4n) is 2.10. The summed E-state index contributed by atoms with van der Waals surface area (Å²) in [7, 11) is 0. The van der Waals surface area contributed by atoms with Crippen LogP contribution in [-0.4, -0.2) is 30.3 Å². The second-order valence-electron chi connectivity index (χ2n) is 4.43. The summed E-state index contributed by atoms with van der Waals surface area (Å²) in [5, 5.41) is 0. The van der Waals surface area contributed by atoms with Gasteiger partial charge in [0.2, 0.25) is 0 Å². The molecule has 94 valence electrons. The maximum Gasteiger partial charge on any atom is 0.143 e. The number of rotatable bonds is 2. The van der Waals surface area contributed by atoms with Gasteiger partial charge >= 0.3 is 0 Å². The summed E-state index contributed by atoms with van der Waals surface area (Å²) in [5.74, 6) is 0.959. The van der Waals surface area contributed by atoms with Crippen LogP contribution in [0.15, 0.2) is 16.7 Å². The minimum atomic E-state index is 0.240. The topological polar surface area (TPSA) is 51.4 Å². The van der Waals surface area contributed by atoms with E-state index in [-0.39, 0.29) is 6.10 Å². The van der Waals surface area contributed by atoms with Gasteiger partial charge < -0.3 is 15.4 Å². The smallest absolute Gasteiger partial charge is 0.143 e. The average Bonchev–Trinajstić information content (AvgIpc) is 2.29. The van der Waals surface area contributed by atoms with Crippen LogP contribution in [0.4, 0.5) is 11.5 Å². The van der Waals surface area contributed by atoms with Crippen molar-refractivity contribution in [3.05, 3.63) is 16.7 Å². The maximum atomic E-state index is 5.72. The van der Waals surface area contributed by atoms with Gasteiger partial charge in [0.15, 0.2) is 0 Å². The van der Waals surface area contributed by atoms with Gasteiger partial charge in [-0.05, 0) is 35.3 Å². The van der Waals surface area contributed by atoms with Gasteiger partial charge in [0.25, 0.3) is 0 Å². The zero-order valence-corrected chi connectivity index (χ0v) is 11.8. The molecule has 2 rings (SSSR count). The number of ether oxygens (including phenoxy) is 1. The molecule has 1 fully saturated rings. The number of halogens is 1. The summed E-state index contributed by atoms with van der Waals surface area (Å²) in [6.07, 6.45) is 2.99. The van der Waals surface area contributed by atoms with Crippen molar-refractivity contribution in [3.63, 3.8) is 0 Å². The van der Waals surface area contributed by atoms with E-state index in [1.165, 1.54) is 0 Å². The third kappa shape index (κ3) is 2.72. The fourth-order valence-corrected chi connectivity index (χ4v) is 2.69. The number of pyridine rings is 1. The number of nitrogen functional groups attached to an aromatic ring is 1. The zero-order valence-electron chi connectivity index (χ0n) is 10.2. The summed E-state index contributed by atoms with van der Waals surface area (Å²) in [6, 6.07) is 2.29. The Morgan fingerprint density at radius 1 is 1.65 bits per heavy atom. The van der Waals surface area contributed by atoms with Gasteiger partial charge in [-0.15, -0.1) is 0 Å². The monoisotopic (exact) mass is 299 g/mol. The van der Waals surface area contributed by atoms with Crippen molar-refractivity contribution < 1.29 is 4.74 Å². The lowest BCUT2D eigenvalue weighted by molar-refractivity contribution is 0.0295. The molecule has 0 amide bonds. The van der Waals surface area contributed by atoms with Crippen molar-refractivity contribution in [3.8, 4) is 0 Å². The first-order chi connectivity index (χ1) is 8.11. The largest absolute Gasteiger partial charge is 0.397 e. The van der Waals surface area contributed by atoms with Crippen LogP contribution in [0.3, 0.4) is 0 Å². The molecule has 1 aliphatic heterocycles. The Kier molecular flexibility index (Phi) is 3.89. The molecule has 17 heavy (non-hydrogen) atoms. The number of aromatic nitrogens is 1. The Hall–Kier alpha value is -0.810. The van der Waals surface area contributed by atoms with E-state index in [9.17, 15) is 0 Å². The molecule has 0 radical (unpaired) electrons. The summed E-state index contributed by atoms with van der Waals surface area (Å²) in [4.78, 5) is 6.74. The molecule has 2 unspecified atom stereocenters. The molecule has 1 aromatic rings. The lowest BCUT2D eigenvalue weighted by atomic mass is 10.1. The second kappa shape index (κ2) is 5.23. The predicted octanol–water partition coefficient (Wildman–Crippen LogP) is 2.43. The van der Waals surface area contributed by atoms with E-state index >= 15 is 0 Å². The third-order valence-corrected chi connectivity index (χ3v) is 3.64. The molecule has 5 heteroatoms. The lowest BCUT2D eigenvalue weighted by Gasteiger charge is -2.39. The molecule has 1 aromatic heterocycles. The second-order valence-corrected chi connectivity index (χ2v) is 5.29. The Bertz CT molecular complexity index is 399. The van der Waals surface area contributed by atoms with Crippen molar-refractivity contribution >= 4 is 27.4 Å². The van der Waals surface area contributed by atoms with Crippen LogP contribution in [-0.2, 0) is 4.74 Å². The van der Waals surface area contributed by atoms with E-state index in [0.29, 0.717) is 11.7 Å². The van der Waals surface area contributed by atoms with Crippen molar-refractivity contribution in [1.29, 1.82) is 0 Å². The van der Waals surface area contributed by atoms with Crippen molar-refractivity contribution in [2.75, 3.05) is 23.8 Å². The Labute approximate surface area is 110 Å². The molecule has 4 nitrogen and oxygen atoms in total. The van der Waals surface area contributed by atoms with Gasteiger partial charge in [-0.3, -0.25) is 0 Å². The van der Waals surface area contributed by atoms with Crippen molar-refractivity contribution in [1.82, 2.24) is 4.98 Å². The van der Waals surface area contributed by atoms with Crippen LogP contribution in [0.25, 0.3) is 0 Å². The summed E-state index contributed by atoms with van der Waals surface area (Å²) in [5.41, 5.74) is 6.39. The minimum Gasteiger partial charge on any atom is -0.397 e. The molecule has 0 saturated carbocycles. The maximum absolute atomic E-state index is 5.72. The Morgan fingerprint density at radius 2 is 2.41 bits per heavy atom. The van der Waals surface area contributed by atoms with E-state index in [4.69, 9.17) is 10.5 Å². The first kappa shape index (κ1) is 12.6. The van der Waals surface area contributed by atoms with Gasteiger partial charge in [-0.25, -0.2) is 4.98 Å². The van der Waals surface area contributed by atoms with Crippen molar-refractivity contribution in [2.24, 2.45) is 0 Å². The van der Waals surface area contributed by atoms with Gasteiger partial charge in [0, 0.05) is 6.54 Å². The van der Waals surface area contributed by atoms with Gasteiger partial charge in [0.05, 0.1) is 35.1 Å². The molecule has 0 aliphatic carbocycles. The molecule has 0 aromatic carbocycles. The number of morpholine rings is 1. The van der Waals surface area contributed by atoms with Crippen LogP contribution in [0.1, 0.15) is 20.3 Å². The Morgan fingerprint density at radius 3 is 3.06 bits per heavy atom. The highest BCUT2D eigenvalue weighted by molar-refractivity contribution is 9.10. The third-order valence-electron chi connectivity index (χ3n) is 3.05. The molecule has 2 atom stereocenters. The van der Waals surface area contributed by atoms with Crippen LogP contribution in [0.2, 0.25) is 0 Å². The highest BCUT2D eigenvalue weighted by Crippen LogP contribution is 2.29. The van der Waals surface area contributed by atoms with Crippen LogP contribution in [0.5, 0.6) is 0 Å². The van der Waals surface area contributed by atoms with Crippen LogP contribution in [0, 0.1) is 0 Å². The number of hydrogen-bond donors (Lipinski definition) is 1. The summed E-state index contributed by atoms with van der Waals surface area (Å²) >= 11 is 3.53. The van der Waals surface area contributed by atoms with E-state index in [1.807, 2.05) is 6.07 Å². The number of nitrogens with zero attached hydrogens (tertiary/aromatic N) is 2. The minimum absolute atomic E-state index is 0.240. The first-order valence-electron chi connectivity index (χ1n) is 5.91. The molecular formula is C12H18BrN3O. The van der Waals surface area contributed by atoms with Crippen LogP contribution < -0.4 is 10.6 Å². The number of anilines is 2. The van der Waals surface area contributed by atoms with Gasteiger partial charge in [-0.1, -0.05) is 6.92 Å². The number of hydrogen-bond acceptors (Lipinski definition) is 4. The number of nitrogens with two attached hydrogens (primary N) is 1. The van der Waals surface area contributed by atoms with E-state index in [2.05, 4.69) is 39.7 Å². The highest BCUT2D eigenvalue weighted by Gasteiger charge is 2.27. The van der Waals surface area contributed by atoms with E-state index in [0.717, 1.165) is 29.9 Å². The summed E-state index contributed by atoms with van der Waals surface area (Å²) in [6.45, 7) is 5.89. The lowest BCUT2D eigenvalue weighted by Crippen LogP contribution is -2.49. The molecular weight excluding hydrogens is 282 g/mol. The van der Waals surface area contributed by atoms with Gasteiger partial charge in [-0.2, -0.15) is 0 Å². The molecule has 1 aliphatic rings. The quantitative estimate of drug-likeness (QED) is 0.911. The first-order valence-corrected chi connectivity index (χ1v) is 6.70. The molecule has 0 bridgehead atoms. The standard InChI is InChI=1S/C12H18BrN3O/c1-3-10-7-17-8(2)6-16(10)12-11(13)4-9(14)5-15-12/h4-5,8,10H,3,6-7,14H2,1-2H3. The summed E-state index contributed by atoms with van der Waals surface area (Å²) < 4.78 is 6.64. The van der Waals surface area contributed by atoms with E-state index < -0.39 is 0 Å². The van der Waals surface area contributed by atoms with Crippen molar-refractivity contribution in [2.45, 2.75) is 32.4 Å². The SMILES string of the molecule is CCC1COC(C)CN1c1ncc(N)cc1Br. The molecule has 0 spiro atoms. The molecule has 2 heterocycles. The van der Waals surface area contributed by atoms with Crippen LogP contribution >= 0.6 is 15.9 Å². The zero-order chi connectivity index (χ0) is 12.4. The molecule has 1 saturated heterocycles. The predicted molar refractivity (Wildman–Crippen MR) is 73.2 cm³/mol. The normalized spacial score (nSPS) is 25.0. The Balaban J connectivity index is 2.28. The van der Waals surface area contributed by atoms with E-state index in [1.54, 1.807) is 6.20 Å². The molecule has 2 N–H and O–H groups in total.